The lowest BCUT2D eigenvalue weighted by atomic mass is 10.2. The fourth-order valence-corrected chi connectivity index (χ4v) is 2.67. The molecule has 0 unspecified atom stereocenters. The summed E-state index contributed by atoms with van der Waals surface area (Å²) in [5, 5.41) is 9.77. The van der Waals surface area contributed by atoms with Gasteiger partial charge >= 0.3 is 0 Å². The molecule has 0 radical (unpaired) electrons. The smallest absolute Gasteiger partial charge is 0.227 e. The highest BCUT2D eigenvalue weighted by Crippen LogP contribution is 2.27. The van der Waals surface area contributed by atoms with Gasteiger partial charge in [0.1, 0.15) is 0 Å². The zero-order chi connectivity index (χ0) is 16.3. The first-order valence-electron chi connectivity index (χ1n) is 6.69. The van der Waals surface area contributed by atoms with Crippen LogP contribution in [0.1, 0.15) is 18.8 Å². The fraction of sp³-hybridized carbons (Fsp3) is 0.357. The number of benzene rings is 1. The third kappa shape index (κ3) is 3.79. The molecule has 0 aliphatic heterocycles. The summed E-state index contributed by atoms with van der Waals surface area (Å²) >= 11 is 7.22. The predicted molar refractivity (Wildman–Crippen MR) is 88.4 cm³/mol. The number of hydrogen-bond acceptors (Lipinski definition) is 5. The number of rotatable bonds is 6. The number of nitrogens with zero attached hydrogens (tertiary/aromatic N) is 4. The number of thioether (sulfide) groups is 1. The molecule has 0 bridgehead atoms. The summed E-state index contributed by atoms with van der Waals surface area (Å²) in [4.78, 5) is 13.1. The van der Waals surface area contributed by atoms with E-state index >= 15 is 0 Å². The van der Waals surface area contributed by atoms with E-state index in [0.717, 1.165) is 11.5 Å². The van der Waals surface area contributed by atoms with Gasteiger partial charge in [-0.05, 0) is 45.3 Å². The van der Waals surface area contributed by atoms with Crippen molar-refractivity contribution in [3.05, 3.63) is 35.1 Å². The van der Waals surface area contributed by atoms with Crippen molar-refractivity contribution in [2.75, 3.05) is 19.8 Å². The van der Waals surface area contributed by atoms with Gasteiger partial charge in [-0.2, -0.15) is 0 Å². The molecule has 1 aromatic heterocycles. The Kier molecular flexibility index (Phi) is 5.44. The van der Waals surface area contributed by atoms with Crippen LogP contribution in [0.4, 0.5) is 0 Å². The third-order valence-corrected chi connectivity index (χ3v) is 4.44. The summed E-state index contributed by atoms with van der Waals surface area (Å²) in [6, 6.07) is 7.47. The Labute approximate surface area is 138 Å². The van der Waals surface area contributed by atoms with E-state index in [2.05, 4.69) is 10.2 Å². The number of hydrogen-bond donors (Lipinski definition) is 1. The van der Waals surface area contributed by atoms with Gasteiger partial charge in [0.15, 0.2) is 11.0 Å². The average molecular weight is 340 g/mol. The molecule has 1 heterocycles. The molecule has 1 atom stereocenters. The molecule has 0 aliphatic rings. The summed E-state index contributed by atoms with van der Waals surface area (Å²) in [6.45, 7) is 2.04. The minimum atomic E-state index is -0.391. The van der Waals surface area contributed by atoms with Crippen molar-refractivity contribution < 1.29 is 4.79 Å². The van der Waals surface area contributed by atoms with Gasteiger partial charge in [-0.15, -0.1) is 10.2 Å². The van der Waals surface area contributed by atoms with E-state index in [1.807, 2.05) is 54.8 Å². The molecule has 2 N–H and O–H groups in total. The number of nitrogens with two attached hydrogens (primary N) is 1. The number of primary amides is 1. The van der Waals surface area contributed by atoms with Crippen LogP contribution in [0, 0.1) is 0 Å². The van der Waals surface area contributed by atoms with Crippen LogP contribution in [-0.4, -0.2) is 45.4 Å². The summed E-state index contributed by atoms with van der Waals surface area (Å²) in [7, 11) is 3.95. The van der Waals surface area contributed by atoms with Crippen LogP contribution in [0.3, 0.4) is 0 Å². The van der Waals surface area contributed by atoms with Crippen molar-refractivity contribution in [3.63, 3.8) is 0 Å². The highest BCUT2D eigenvalue weighted by Gasteiger charge is 2.21. The molecule has 1 amide bonds. The lowest BCUT2D eigenvalue weighted by molar-refractivity contribution is -0.115. The summed E-state index contributed by atoms with van der Waals surface area (Å²) in [5.41, 5.74) is 6.11. The molecule has 1 aromatic carbocycles. The van der Waals surface area contributed by atoms with Crippen molar-refractivity contribution in [3.8, 4) is 5.69 Å². The maximum Gasteiger partial charge on any atom is 0.227 e. The first-order valence-corrected chi connectivity index (χ1v) is 8.05. The third-order valence-electron chi connectivity index (χ3n) is 3.24. The van der Waals surface area contributed by atoms with E-state index in [0.29, 0.717) is 10.2 Å². The Morgan fingerprint density at radius 1 is 1.36 bits per heavy atom. The molecule has 0 saturated heterocycles. The fourth-order valence-electron chi connectivity index (χ4n) is 1.84. The Morgan fingerprint density at radius 2 is 2.00 bits per heavy atom. The molecule has 0 saturated carbocycles. The molecule has 2 aromatic rings. The van der Waals surface area contributed by atoms with E-state index in [-0.39, 0.29) is 11.8 Å². The Hall–Kier alpha value is -1.57. The van der Waals surface area contributed by atoms with Crippen LogP contribution in [-0.2, 0) is 4.79 Å². The molecule has 118 valence electrons. The van der Waals surface area contributed by atoms with E-state index in [9.17, 15) is 4.79 Å². The first-order chi connectivity index (χ1) is 10.4. The number of amides is 1. The van der Waals surface area contributed by atoms with Gasteiger partial charge in [0.05, 0.1) is 11.8 Å². The van der Waals surface area contributed by atoms with Gasteiger partial charge in [-0.25, -0.2) is 0 Å². The number of carbonyl (C=O) groups is 1. The molecule has 0 spiro atoms. The van der Waals surface area contributed by atoms with Gasteiger partial charge in [0.25, 0.3) is 0 Å². The van der Waals surface area contributed by atoms with Crippen LogP contribution in [0.15, 0.2) is 29.4 Å². The van der Waals surface area contributed by atoms with Crippen LogP contribution >= 0.6 is 23.4 Å². The molecular formula is C14H18ClN5OS. The molecule has 22 heavy (non-hydrogen) atoms. The standard InChI is InChI=1S/C14H18ClN5OS/c1-9(19(2)3)13-17-18-14(22-8-12(16)21)20(13)11-6-4-10(15)5-7-11/h4-7,9H,8H2,1-3H3,(H2,16,21)/t9-/m1/s1. The monoisotopic (exact) mass is 339 g/mol. The molecule has 0 fully saturated rings. The highest BCUT2D eigenvalue weighted by atomic mass is 35.5. The van der Waals surface area contributed by atoms with Gasteiger partial charge < -0.3 is 5.73 Å². The molecule has 8 heteroatoms. The average Bonchev–Trinajstić information content (AvgIpc) is 2.88. The van der Waals surface area contributed by atoms with Crippen molar-refractivity contribution >= 4 is 29.3 Å². The second-order valence-corrected chi connectivity index (χ2v) is 6.43. The molecule has 6 nitrogen and oxygen atoms in total. The lowest BCUT2D eigenvalue weighted by Crippen LogP contribution is -2.21. The van der Waals surface area contributed by atoms with E-state index in [1.54, 1.807) is 0 Å². The highest BCUT2D eigenvalue weighted by molar-refractivity contribution is 7.99. The van der Waals surface area contributed by atoms with Crippen LogP contribution in [0.2, 0.25) is 5.02 Å². The molecule has 0 aliphatic carbocycles. The molecular weight excluding hydrogens is 322 g/mol. The Morgan fingerprint density at radius 3 is 2.55 bits per heavy atom. The predicted octanol–water partition coefficient (Wildman–Crippen LogP) is 2.12. The molecule has 2 rings (SSSR count). The largest absolute Gasteiger partial charge is 0.369 e. The number of carbonyl (C=O) groups excluding carboxylic acids is 1. The minimum Gasteiger partial charge on any atom is -0.369 e. The van der Waals surface area contributed by atoms with Crippen LogP contribution in [0.25, 0.3) is 5.69 Å². The lowest BCUT2D eigenvalue weighted by Gasteiger charge is -2.20. The van der Waals surface area contributed by atoms with E-state index < -0.39 is 5.91 Å². The SMILES string of the molecule is C[C@H](c1nnc(SCC(N)=O)n1-c1ccc(Cl)cc1)N(C)C. The summed E-state index contributed by atoms with van der Waals surface area (Å²) in [6.07, 6.45) is 0. The van der Waals surface area contributed by atoms with Crippen LogP contribution in [0.5, 0.6) is 0 Å². The zero-order valence-electron chi connectivity index (χ0n) is 12.7. The van der Waals surface area contributed by atoms with E-state index in [4.69, 9.17) is 17.3 Å². The normalized spacial score (nSPS) is 12.6. The summed E-state index contributed by atoms with van der Waals surface area (Å²) < 4.78 is 1.93. The Bertz CT molecular complexity index is 656. The quantitative estimate of drug-likeness (QED) is 0.816. The van der Waals surface area contributed by atoms with Crippen molar-refractivity contribution in [1.82, 2.24) is 19.7 Å². The maximum absolute atomic E-state index is 11.0. The van der Waals surface area contributed by atoms with E-state index in [1.165, 1.54) is 11.8 Å². The topological polar surface area (TPSA) is 77.0 Å². The summed E-state index contributed by atoms with van der Waals surface area (Å²) in [5.74, 6) is 0.555. The zero-order valence-corrected chi connectivity index (χ0v) is 14.2. The van der Waals surface area contributed by atoms with Gasteiger partial charge in [-0.3, -0.25) is 14.3 Å². The van der Waals surface area contributed by atoms with Gasteiger partial charge in [0.2, 0.25) is 5.91 Å². The van der Waals surface area contributed by atoms with Gasteiger partial charge in [-0.1, -0.05) is 23.4 Å². The van der Waals surface area contributed by atoms with Crippen molar-refractivity contribution in [2.24, 2.45) is 5.73 Å². The second kappa shape index (κ2) is 7.13. The minimum absolute atomic E-state index is 0.0612. The number of aromatic nitrogens is 3. The second-order valence-electron chi connectivity index (χ2n) is 5.05. The van der Waals surface area contributed by atoms with Crippen molar-refractivity contribution in [2.45, 2.75) is 18.1 Å². The first kappa shape index (κ1) is 16.8. The van der Waals surface area contributed by atoms with Crippen molar-refractivity contribution in [1.29, 1.82) is 0 Å². The van der Waals surface area contributed by atoms with Crippen LogP contribution < -0.4 is 5.73 Å². The maximum atomic E-state index is 11.0. The van der Waals surface area contributed by atoms with Gasteiger partial charge in [0, 0.05) is 10.7 Å². The Balaban J connectivity index is 2.47. The number of halogens is 1.